The third-order valence-electron chi connectivity index (χ3n) is 3.72. The van der Waals surface area contributed by atoms with E-state index in [1.807, 2.05) is 0 Å². The summed E-state index contributed by atoms with van der Waals surface area (Å²) in [4.78, 5) is 12.9. The van der Waals surface area contributed by atoms with Crippen LogP contribution < -0.4 is 5.32 Å². The van der Waals surface area contributed by atoms with E-state index < -0.39 is 18.5 Å². The van der Waals surface area contributed by atoms with E-state index in [4.69, 9.17) is 0 Å². The van der Waals surface area contributed by atoms with Crippen LogP contribution in [0.3, 0.4) is 0 Å². The lowest BCUT2D eigenvalue weighted by molar-refractivity contribution is -0.161. The van der Waals surface area contributed by atoms with Crippen LogP contribution in [-0.4, -0.2) is 43.2 Å². The zero-order valence-corrected chi connectivity index (χ0v) is 9.59. The number of amides is 1. The molecule has 0 saturated carbocycles. The van der Waals surface area contributed by atoms with Crippen LogP contribution in [-0.2, 0) is 4.79 Å². The molecule has 0 aromatic carbocycles. The first-order valence-corrected chi connectivity index (χ1v) is 6.01. The molecule has 0 radical (unpaired) electrons. The Bertz CT molecular complexity index is 279. The van der Waals surface area contributed by atoms with E-state index >= 15 is 0 Å². The number of carbonyl (C=O) groups is 1. The lowest BCUT2D eigenvalue weighted by Crippen LogP contribution is -2.35. The first-order chi connectivity index (χ1) is 7.96. The second kappa shape index (κ2) is 4.84. The molecular formula is C11H17F3N2O. The molecule has 6 heteroatoms. The van der Waals surface area contributed by atoms with Gasteiger partial charge >= 0.3 is 6.18 Å². The van der Waals surface area contributed by atoms with Crippen LogP contribution in [0.4, 0.5) is 13.2 Å². The quantitative estimate of drug-likeness (QED) is 0.763. The van der Waals surface area contributed by atoms with Crippen LogP contribution in [0.25, 0.3) is 0 Å². The average Bonchev–Trinajstić information content (AvgIpc) is 2.54. The van der Waals surface area contributed by atoms with Gasteiger partial charge in [-0.3, -0.25) is 4.79 Å². The number of carbonyl (C=O) groups excluding carboxylic acids is 1. The van der Waals surface area contributed by atoms with Crippen molar-refractivity contribution in [2.75, 3.05) is 26.2 Å². The smallest absolute Gasteiger partial charge is 0.342 e. The number of alkyl halides is 3. The van der Waals surface area contributed by atoms with Crippen molar-refractivity contribution < 1.29 is 18.0 Å². The summed E-state index contributed by atoms with van der Waals surface area (Å²) in [5.41, 5.74) is 0. The van der Waals surface area contributed by atoms with Gasteiger partial charge in [-0.25, -0.2) is 0 Å². The minimum atomic E-state index is -4.39. The van der Waals surface area contributed by atoms with Crippen LogP contribution in [0.2, 0.25) is 0 Å². The van der Waals surface area contributed by atoms with Gasteiger partial charge in [-0.15, -0.1) is 0 Å². The first-order valence-electron chi connectivity index (χ1n) is 6.01. The molecule has 0 bridgehead atoms. The molecule has 0 unspecified atom stereocenters. The van der Waals surface area contributed by atoms with Crippen molar-refractivity contribution in [3.8, 4) is 0 Å². The predicted molar refractivity (Wildman–Crippen MR) is 56.3 cm³/mol. The van der Waals surface area contributed by atoms with E-state index in [0.29, 0.717) is 24.9 Å². The van der Waals surface area contributed by atoms with Crippen molar-refractivity contribution >= 4 is 5.91 Å². The maximum absolute atomic E-state index is 12.1. The fourth-order valence-corrected chi connectivity index (χ4v) is 2.75. The number of hydrogen-bond acceptors (Lipinski definition) is 2. The van der Waals surface area contributed by atoms with E-state index in [-0.39, 0.29) is 0 Å². The molecule has 0 aliphatic carbocycles. The summed E-state index contributed by atoms with van der Waals surface area (Å²) < 4.78 is 36.4. The summed E-state index contributed by atoms with van der Waals surface area (Å²) in [6.07, 6.45) is -4.07. The van der Waals surface area contributed by atoms with Crippen molar-refractivity contribution in [2.24, 2.45) is 11.8 Å². The number of likely N-dealkylation sites (tertiary alicyclic amines) is 1. The second-order valence-corrected chi connectivity index (χ2v) is 4.93. The van der Waals surface area contributed by atoms with Crippen LogP contribution in [0.1, 0.15) is 19.3 Å². The van der Waals surface area contributed by atoms with E-state index in [1.165, 1.54) is 4.90 Å². The largest absolute Gasteiger partial charge is 0.397 e. The highest BCUT2D eigenvalue weighted by Gasteiger charge is 2.36. The number of rotatable bonds is 1. The summed E-state index contributed by atoms with van der Waals surface area (Å²) >= 11 is 0. The van der Waals surface area contributed by atoms with Gasteiger partial charge in [-0.1, -0.05) is 0 Å². The molecule has 2 atom stereocenters. The van der Waals surface area contributed by atoms with E-state index in [9.17, 15) is 18.0 Å². The summed E-state index contributed by atoms with van der Waals surface area (Å²) in [5, 5.41) is 3.29. The molecule has 2 heterocycles. The summed E-state index contributed by atoms with van der Waals surface area (Å²) in [5.74, 6) is 0.280. The minimum absolute atomic E-state index is 0.470. The molecule has 17 heavy (non-hydrogen) atoms. The van der Waals surface area contributed by atoms with Gasteiger partial charge in [0.15, 0.2) is 0 Å². The monoisotopic (exact) mass is 250 g/mol. The normalized spacial score (nSPS) is 29.9. The Hall–Kier alpha value is -0.780. The average molecular weight is 250 g/mol. The van der Waals surface area contributed by atoms with Gasteiger partial charge in [0.25, 0.3) is 0 Å². The van der Waals surface area contributed by atoms with Crippen LogP contribution in [0.5, 0.6) is 0 Å². The SMILES string of the molecule is O=C(CC(F)(F)F)N1CC[C@@H]2CNC[C@@H]2CC1. The Labute approximate surface area is 98.3 Å². The molecule has 2 aliphatic heterocycles. The maximum Gasteiger partial charge on any atom is 0.397 e. The van der Waals surface area contributed by atoms with Gasteiger partial charge in [0.05, 0.1) is 0 Å². The standard InChI is InChI=1S/C11H17F3N2O/c12-11(13,14)5-10(17)16-3-1-8-6-15-7-9(8)2-4-16/h8-9,15H,1-7H2/t8-,9+. The first kappa shape index (κ1) is 12.7. The molecule has 1 amide bonds. The fraction of sp³-hybridized carbons (Fsp3) is 0.909. The molecule has 2 saturated heterocycles. The Balaban J connectivity index is 1.88. The molecular weight excluding hydrogens is 233 g/mol. The van der Waals surface area contributed by atoms with Crippen molar-refractivity contribution in [3.05, 3.63) is 0 Å². The lowest BCUT2D eigenvalue weighted by atomic mass is 9.92. The van der Waals surface area contributed by atoms with Gasteiger partial charge in [0.1, 0.15) is 6.42 Å². The van der Waals surface area contributed by atoms with E-state index in [2.05, 4.69) is 5.32 Å². The second-order valence-electron chi connectivity index (χ2n) is 4.93. The van der Waals surface area contributed by atoms with Gasteiger partial charge in [0, 0.05) is 13.1 Å². The Kier molecular flexibility index (Phi) is 3.61. The number of halogens is 3. The molecule has 0 aromatic rings. The zero-order valence-electron chi connectivity index (χ0n) is 9.59. The zero-order chi connectivity index (χ0) is 12.5. The highest BCUT2D eigenvalue weighted by molar-refractivity contribution is 5.76. The highest BCUT2D eigenvalue weighted by Crippen LogP contribution is 2.28. The van der Waals surface area contributed by atoms with Gasteiger partial charge in [0.2, 0.25) is 5.91 Å². The van der Waals surface area contributed by atoms with Gasteiger partial charge in [-0.2, -0.15) is 13.2 Å². The van der Waals surface area contributed by atoms with Crippen LogP contribution >= 0.6 is 0 Å². The molecule has 2 rings (SSSR count). The molecule has 1 N–H and O–H groups in total. The van der Waals surface area contributed by atoms with Crippen LogP contribution in [0, 0.1) is 11.8 Å². The fourth-order valence-electron chi connectivity index (χ4n) is 2.75. The molecule has 0 spiro atoms. The number of fused-ring (bicyclic) bond motifs is 1. The molecule has 2 fully saturated rings. The number of hydrogen-bond donors (Lipinski definition) is 1. The third kappa shape index (κ3) is 3.34. The van der Waals surface area contributed by atoms with Crippen molar-refractivity contribution in [2.45, 2.75) is 25.4 Å². The van der Waals surface area contributed by atoms with Gasteiger partial charge in [-0.05, 0) is 37.8 Å². The third-order valence-corrected chi connectivity index (χ3v) is 3.72. The highest BCUT2D eigenvalue weighted by atomic mass is 19.4. The minimum Gasteiger partial charge on any atom is -0.342 e. The van der Waals surface area contributed by atoms with Crippen molar-refractivity contribution in [1.82, 2.24) is 10.2 Å². The Morgan fingerprint density at radius 3 is 2.18 bits per heavy atom. The topological polar surface area (TPSA) is 32.3 Å². The molecule has 3 nitrogen and oxygen atoms in total. The molecule has 98 valence electrons. The number of nitrogens with one attached hydrogen (secondary N) is 1. The Morgan fingerprint density at radius 2 is 1.71 bits per heavy atom. The summed E-state index contributed by atoms with van der Waals surface area (Å²) in [6, 6.07) is 0. The van der Waals surface area contributed by atoms with Crippen LogP contribution in [0.15, 0.2) is 0 Å². The lowest BCUT2D eigenvalue weighted by Gasteiger charge is -2.21. The number of nitrogens with zero attached hydrogens (tertiary/aromatic N) is 1. The van der Waals surface area contributed by atoms with Crippen molar-refractivity contribution in [1.29, 1.82) is 0 Å². The van der Waals surface area contributed by atoms with Crippen molar-refractivity contribution in [3.63, 3.8) is 0 Å². The Morgan fingerprint density at radius 1 is 1.18 bits per heavy atom. The van der Waals surface area contributed by atoms with E-state index in [1.54, 1.807) is 0 Å². The summed E-state index contributed by atoms with van der Waals surface area (Å²) in [7, 11) is 0. The molecule has 2 aliphatic rings. The maximum atomic E-state index is 12.1. The predicted octanol–water partition coefficient (Wildman–Crippen LogP) is 1.40. The molecule has 0 aromatic heterocycles. The van der Waals surface area contributed by atoms with E-state index in [0.717, 1.165) is 25.9 Å². The summed E-state index contributed by atoms with van der Waals surface area (Å²) in [6.45, 7) is 2.81. The van der Waals surface area contributed by atoms with Gasteiger partial charge < -0.3 is 10.2 Å².